The van der Waals surface area contributed by atoms with Crippen LogP contribution in [-0.4, -0.2) is 40.3 Å². The van der Waals surface area contributed by atoms with Gasteiger partial charge in [0, 0.05) is 17.4 Å². The van der Waals surface area contributed by atoms with Crippen molar-refractivity contribution in [2.45, 2.75) is 10.9 Å². The van der Waals surface area contributed by atoms with Crippen LogP contribution in [0.2, 0.25) is 0 Å². The maximum atomic E-state index is 12.7. The van der Waals surface area contributed by atoms with Crippen LogP contribution in [0, 0.1) is 0 Å². The Morgan fingerprint density at radius 2 is 1.78 bits per heavy atom. The van der Waals surface area contributed by atoms with E-state index in [2.05, 4.69) is 33.0 Å². The standard InChI is InChI=1S/C23H21N5O3S/c1-30-19-12-13-21(31-2)20(14-19)24-22(29)17-8-10-18(11-9-17)28-23(25-26-27-28)32-15-16-6-4-3-5-7-16/h3-14H,15H2,1-2H3,(H,24,29). The topological polar surface area (TPSA) is 91.2 Å². The van der Waals surface area contributed by atoms with Crippen molar-refractivity contribution in [3.8, 4) is 17.2 Å². The van der Waals surface area contributed by atoms with Crippen LogP contribution in [0.25, 0.3) is 5.69 Å². The molecule has 1 aromatic heterocycles. The number of anilines is 1. The molecule has 1 amide bonds. The molecular weight excluding hydrogens is 426 g/mol. The molecule has 0 aliphatic rings. The first kappa shape index (κ1) is 21.4. The Bertz CT molecular complexity index is 1200. The van der Waals surface area contributed by atoms with Gasteiger partial charge in [0.2, 0.25) is 5.16 Å². The lowest BCUT2D eigenvalue weighted by Crippen LogP contribution is -2.13. The van der Waals surface area contributed by atoms with E-state index >= 15 is 0 Å². The van der Waals surface area contributed by atoms with Crippen molar-refractivity contribution in [2.75, 3.05) is 19.5 Å². The second-order valence-corrected chi connectivity index (χ2v) is 7.66. The van der Waals surface area contributed by atoms with E-state index in [0.29, 0.717) is 27.9 Å². The van der Waals surface area contributed by atoms with Gasteiger partial charge in [-0.05, 0) is 52.4 Å². The maximum Gasteiger partial charge on any atom is 0.255 e. The van der Waals surface area contributed by atoms with E-state index in [1.54, 1.807) is 73.1 Å². The monoisotopic (exact) mass is 447 g/mol. The van der Waals surface area contributed by atoms with Gasteiger partial charge in [-0.25, -0.2) is 0 Å². The second kappa shape index (κ2) is 9.97. The van der Waals surface area contributed by atoms with E-state index in [1.165, 1.54) is 5.56 Å². The van der Waals surface area contributed by atoms with Gasteiger partial charge in [-0.3, -0.25) is 4.79 Å². The number of hydrogen-bond acceptors (Lipinski definition) is 7. The number of tetrazole rings is 1. The number of carbonyl (C=O) groups excluding carboxylic acids is 1. The fraction of sp³-hybridized carbons (Fsp3) is 0.130. The first-order valence-electron chi connectivity index (χ1n) is 9.77. The van der Waals surface area contributed by atoms with Gasteiger partial charge in [-0.15, -0.1) is 5.10 Å². The number of hydrogen-bond donors (Lipinski definition) is 1. The Morgan fingerprint density at radius 1 is 1.00 bits per heavy atom. The van der Waals surface area contributed by atoms with Gasteiger partial charge in [0.05, 0.1) is 25.6 Å². The minimum absolute atomic E-state index is 0.265. The summed E-state index contributed by atoms with van der Waals surface area (Å²) in [5.74, 6) is 1.66. The molecule has 0 radical (unpaired) electrons. The number of aromatic nitrogens is 4. The van der Waals surface area contributed by atoms with Crippen molar-refractivity contribution in [2.24, 2.45) is 0 Å². The third-order valence-electron chi connectivity index (χ3n) is 4.68. The summed E-state index contributed by atoms with van der Waals surface area (Å²) < 4.78 is 12.2. The molecule has 0 bridgehead atoms. The quantitative estimate of drug-likeness (QED) is 0.404. The van der Waals surface area contributed by atoms with Crippen LogP contribution in [0.15, 0.2) is 78.0 Å². The molecule has 0 fully saturated rings. The Hall–Kier alpha value is -3.85. The smallest absolute Gasteiger partial charge is 0.255 e. The summed E-state index contributed by atoms with van der Waals surface area (Å²) in [5, 5.41) is 15.5. The summed E-state index contributed by atoms with van der Waals surface area (Å²) in [4.78, 5) is 12.7. The summed E-state index contributed by atoms with van der Waals surface area (Å²) in [6.45, 7) is 0. The van der Waals surface area contributed by atoms with Gasteiger partial charge >= 0.3 is 0 Å². The number of rotatable bonds is 8. The van der Waals surface area contributed by atoms with Crippen LogP contribution >= 0.6 is 11.8 Å². The van der Waals surface area contributed by atoms with E-state index in [4.69, 9.17) is 9.47 Å². The van der Waals surface area contributed by atoms with Gasteiger partial charge < -0.3 is 14.8 Å². The van der Waals surface area contributed by atoms with E-state index in [-0.39, 0.29) is 5.91 Å². The SMILES string of the molecule is COc1ccc(OC)c(NC(=O)c2ccc(-n3nnnc3SCc3ccccc3)cc2)c1. The molecule has 0 saturated heterocycles. The van der Waals surface area contributed by atoms with Crippen molar-refractivity contribution in [3.63, 3.8) is 0 Å². The summed E-state index contributed by atoms with van der Waals surface area (Å²) in [6.07, 6.45) is 0. The first-order valence-corrected chi connectivity index (χ1v) is 10.8. The Morgan fingerprint density at radius 3 is 2.50 bits per heavy atom. The van der Waals surface area contributed by atoms with Gasteiger partial charge in [0.1, 0.15) is 11.5 Å². The van der Waals surface area contributed by atoms with Crippen LogP contribution in [0.5, 0.6) is 11.5 Å². The van der Waals surface area contributed by atoms with Gasteiger partial charge in [-0.2, -0.15) is 4.68 Å². The number of benzene rings is 3. The van der Waals surface area contributed by atoms with Crippen molar-refractivity contribution < 1.29 is 14.3 Å². The molecule has 3 aromatic carbocycles. The summed E-state index contributed by atoms with van der Waals surface area (Å²) in [7, 11) is 3.11. The predicted molar refractivity (Wildman–Crippen MR) is 123 cm³/mol. The maximum absolute atomic E-state index is 12.7. The molecule has 1 heterocycles. The number of methoxy groups -OCH3 is 2. The normalized spacial score (nSPS) is 10.6. The van der Waals surface area contributed by atoms with Crippen molar-refractivity contribution >= 4 is 23.4 Å². The lowest BCUT2D eigenvalue weighted by atomic mass is 10.2. The van der Waals surface area contributed by atoms with E-state index in [0.717, 1.165) is 11.4 Å². The number of nitrogens with zero attached hydrogens (tertiary/aromatic N) is 4. The molecular formula is C23H21N5O3S. The highest BCUT2D eigenvalue weighted by molar-refractivity contribution is 7.98. The van der Waals surface area contributed by atoms with Crippen molar-refractivity contribution in [1.82, 2.24) is 20.2 Å². The fourth-order valence-electron chi connectivity index (χ4n) is 3.01. The average Bonchev–Trinajstić information content (AvgIpc) is 3.32. The first-order chi connectivity index (χ1) is 15.7. The van der Waals surface area contributed by atoms with Gasteiger partial charge in [0.25, 0.3) is 5.91 Å². The van der Waals surface area contributed by atoms with Crippen LogP contribution in [0.4, 0.5) is 5.69 Å². The average molecular weight is 448 g/mol. The molecule has 162 valence electrons. The van der Waals surface area contributed by atoms with E-state index in [1.807, 2.05) is 18.2 Å². The zero-order chi connectivity index (χ0) is 22.3. The highest BCUT2D eigenvalue weighted by Crippen LogP contribution is 2.29. The lowest BCUT2D eigenvalue weighted by molar-refractivity contribution is 0.102. The van der Waals surface area contributed by atoms with E-state index in [9.17, 15) is 4.79 Å². The zero-order valence-electron chi connectivity index (χ0n) is 17.6. The van der Waals surface area contributed by atoms with Crippen LogP contribution in [0.1, 0.15) is 15.9 Å². The minimum atomic E-state index is -0.265. The lowest BCUT2D eigenvalue weighted by Gasteiger charge is -2.12. The Labute approximate surface area is 189 Å². The number of thioether (sulfide) groups is 1. The highest BCUT2D eigenvalue weighted by atomic mass is 32.2. The molecule has 0 aliphatic heterocycles. The molecule has 4 aromatic rings. The second-order valence-electron chi connectivity index (χ2n) is 6.71. The summed E-state index contributed by atoms with van der Waals surface area (Å²) in [5.41, 5.74) is 2.97. The molecule has 0 saturated carbocycles. The number of nitrogens with one attached hydrogen (secondary N) is 1. The molecule has 0 unspecified atom stereocenters. The predicted octanol–water partition coefficient (Wildman–Crippen LogP) is 4.22. The summed E-state index contributed by atoms with van der Waals surface area (Å²) in [6, 6.07) is 22.4. The van der Waals surface area contributed by atoms with Crippen LogP contribution in [0.3, 0.4) is 0 Å². The highest BCUT2D eigenvalue weighted by Gasteiger charge is 2.13. The molecule has 4 rings (SSSR count). The number of carbonyl (C=O) groups is 1. The largest absolute Gasteiger partial charge is 0.497 e. The molecule has 8 nitrogen and oxygen atoms in total. The molecule has 32 heavy (non-hydrogen) atoms. The number of ether oxygens (including phenoxy) is 2. The molecule has 0 atom stereocenters. The minimum Gasteiger partial charge on any atom is -0.497 e. The van der Waals surface area contributed by atoms with Crippen molar-refractivity contribution in [1.29, 1.82) is 0 Å². The van der Waals surface area contributed by atoms with E-state index < -0.39 is 0 Å². The third-order valence-corrected chi connectivity index (χ3v) is 5.67. The molecule has 0 aliphatic carbocycles. The third kappa shape index (κ3) is 4.89. The molecule has 0 spiro atoms. The van der Waals surface area contributed by atoms with Gasteiger partial charge in [-0.1, -0.05) is 42.1 Å². The van der Waals surface area contributed by atoms with Crippen molar-refractivity contribution in [3.05, 3.63) is 83.9 Å². The van der Waals surface area contributed by atoms with Gasteiger partial charge in [0.15, 0.2) is 0 Å². The summed E-state index contributed by atoms with van der Waals surface area (Å²) >= 11 is 1.54. The van der Waals surface area contributed by atoms with Crippen LogP contribution in [-0.2, 0) is 5.75 Å². The Kier molecular flexibility index (Phi) is 6.66. The Balaban J connectivity index is 1.47. The fourth-order valence-corrected chi connectivity index (χ4v) is 3.86. The molecule has 9 heteroatoms. The molecule has 1 N–H and O–H groups in total. The van der Waals surface area contributed by atoms with Crippen LogP contribution < -0.4 is 14.8 Å². The number of amides is 1. The zero-order valence-corrected chi connectivity index (χ0v) is 18.4.